The molecule has 5 heteroatoms. The summed E-state index contributed by atoms with van der Waals surface area (Å²) in [4.78, 5) is 14.6. The number of carbonyl (C=O) groups is 1. The van der Waals surface area contributed by atoms with Crippen LogP contribution in [0.3, 0.4) is 0 Å². The molecule has 0 spiro atoms. The first-order valence-electron chi connectivity index (χ1n) is 8.08. The van der Waals surface area contributed by atoms with Crippen LogP contribution in [0.1, 0.15) is 41.3 Å². The Morgan fingerprint density at radius 2 is 1.96 bits per heavy atom. The molecule has 0 aliphatic heterocycles. The molecule has 0 aliphatic carbocycles. The number of aryl methyl sites for hydroxylation is 2. The molecule has 23 heavy (non-hydrogen) atoms. The number of hydrogen-bond donors (Lipinski definition) is 1. The van der Waals surface area contributed by atoms with E-state index in [1.807, 2.05) is 50.0 Å². The Kier molecular flexibility index (Phi) is 5.93. The lowest BCUT2D eigenvalue weighted by Gasteiger charge is -2.11. The largest absolute Gasteiger partial charge is 0.307 e. The van der Waals surface area contributed by atoms with Crippen LogP contribution in [0.5, 0.6) is 0 Å². The summed E-state index contributed by atoms with van der Waals surface area (Å²) in [5.74, 6) is 0.698. The highest BCUT2D eigenvalue weighted by atomic mass is 16.1. The van der Waals surface area contributed by atoms with Gasteiger partial charge in [0.15, 0.2) is 0 Å². The van der Waals surface area contributed by atoms with Gasteiger partial charge in [-0.1, -0.05) is 25.5 Å². The van der Waals surface area contributed by atoms with Crippen molar-refractivity contribution in [3.63, 3.8) is 0 Å². The van der Waals surface area contributed by atoms with E-state index < -0.39 is 0 Å². The summed E-state index contributed by atoms with van der Waals surface area (Å²) in [7, 11) is 4.06. The normalized spacial score (nSPS) is 11.0. The Hall–Kier alpha value is -2.14. The molecule has 0 fully saturated rings. The van der Waals surface area contributed by atoms with Gasteiger partial charge in [0.25, 0.3) is 5.91 Å². The molecule has 0 unspecified atom stereocenters. The minimum Gasteiger partial charge on any atom is -0.307 e. The van der Waals surface area contributed by atoms with Crippen molar-refractivity contribution in [2.24, 2.45) is 0 Å². The fourth-order valence-electron chi connectivity index (χ4n) is 2.43. The van der Waals surface area contributed by atoms with Crippen LogP contribution in [0.2, 0.25) is 0 Å². The topological polar surface area (TPSA) is 50.2 Å². The van der Waals surface area contributed by atoms with E-state index in [1.54, 1.807) is 6.20 Å². The molecule has 0 aliphatic rings. The Bertz CT molecular complexity index is 644. The van der Waals surface area contributed by atoms with Gasteiger partial charge in [-0.15, -0.1) is 0 Å². The van der Waals surface area contributed by atoms with Crippen molar-refractivity contribution in [3.8, 4) is 0 Å². The number of anilines is 1. The second-order valence-electron chi connectivity index (χ2n) is 6.14. The molecule has 1 N–H and O–H groups in total. The van der Waals surface area contributed by atoms with E-state index in [0.717, 1.165) is 37.3 Å². The minimum atomic E-state index is -0.0947. The molecule has 2 rings (SSSR count). The quantitative estimate of drug-likeness (QED) is 0.853. The maximum absolute atomic E-state index is 12.5. The molecule has 1 heterocycles. The van der Waals surface area contributed by atoms with Crippen LogP contribution in [0.15, 0.2) is 30.5 Å². The first-order chi connectivity index (χ1) is 11.0. The highest BCUT2D eigenvalue weighted by molar-refractivity contribution is 6.04. The molecule has 0 bridgehead atoms. The summed E-state index contributed by atoms with van der Waals surface area (Å²) < 4.78 is 1.87. The van der Waals surface area contributed by atoms with E-state index in [9.17, 15) is 4.79 Å². The number of nitrogens with zero attached hydrogens (tertiary/aromatic N) is 3. The predicted octanol–water partition coefficient (Wildman–Crippen LogP) is 3.31. The van der Waals surface area contributed by atoms with Gasteiger partial charge < -0.3 is 10.2 Å². The number of aromatic nitrogens is 2. The first kappa shape index (κ1) is 17.2. The van der Waals surface area contributed by atoms with Gasteiger partial charge in [0.2, 0.25) is 0 Å². The SMILES string of the molecule is CCCCn1ncc(C)c1NC(=O)c1ccc(CN(C)C)cc1. The average Bonchev–Trinajstić information content (AvgIpc) is 2.86. The van der Waals surface area contributed by atoms with Crippen molar-refractivity contribution in [1.29, 1.82) is 0 Å². The van der Waals surface area contributed by atoms with Crippen LogP contribution >= 0.6 is 0 Å². The molecule has 2 aromatic rings. The first-order valence-corrected chi connectivity index (χ1v) is 8.08. The van der Waals surface area contributed by atoms with Crippen LogP contribution in [-0.4, -0.2) is 34.7 Å². The lowest BCUT2D eigenvalue weighted by atomic mass is 10.1. The van der Waals surface area contributed by atoms with Gasteiger partial charge in [-0.25, -0.2) is 4.68 Å². The molecular weight excluding hydrogens is 288 g/mol. The number of benzene rings is 1. The average molecular weight is 314 g/mol. The lowest BCUT2D eigenvalue weighted by molar-refractivity contribution is 0.102. The Morgan fingerprint density at radius 1 is 1.26 bits per heavy atom. The molecule has 1 amide bonds. The second-order valence-corrected chi connectivity index (χ2v) is 6.14. The van der Waals surface area contributed by atoms with E-state index in [-0.39, 0.29) is 5.91 Å². The van der Waals surface area contributed by atoms with Crippen LogP contribution in [0.25, 0.3) is 0 Å². The Balaban J connectivity index is 2.08. The predicted molar refractivity (Wildman–Crippen MR) is 93.7 cm³/mol. The van der Waals surface area contributed by atoms with Crippen molar-refractivity contribution in [2.45, 2.75) is 39.8 Å². The third-order valence-electron chi connectivity index (χ3n) is 3.69. The number of nitrogens with one attached hydrogen (secondary N) is 1. The molecule has 0 radical (unpaired) electrons. The minimum absolute atomic E-state index is 0.0947. The lowest BCUT2D eigenvalue weighted by Crippen LogP contribution is -2.17. The molecule has 0 saturated heterocycles. The van der Waals surface area contributed by atoms with Gasteiger partial charge in [0.05, 0.1) is 6.20 Å². The van der Waals surface area contributed by atoms with Crippen molar-refractivity contribution >= 4 is 11.7 Å². The summed E-state index contributed by atoms with van der Waals surface area (Å²) in [6, 6.07) is 7.73. The van der Waals surface area contributed by atoms with E-state index in [1.165, 1.54) is 5.56 Å². The van der Waals surface area contributed by atoms with Crippen LogP contribution in [0, 0.1) is 6.92 Å². The number of rotatable bonds is 7. The van der Waals surface area contributed by atoms with Crippen molar-refractivity contribution < 1.29 is 4.79 Å². The van der Waals surface area contributed by atoms with Crippen molar-refractivity contribution in [3.05, 3.63) is 47.2 Å². The highest BCUT2D eigenvalue weighted by Crippen LogP contribution is 2.16. The smallest absolute Gasteiger partial charge is 0.256 e. The summed E-state index contributed by atoms with van der Waals surface area (Å²) in [6.07, 6.45) is 3.94. The standard InChI is InChI=1S/C18H26N4O/c1-5-6-11-22-17(14(2)12-19-22)20-18(23)16-9-7-15(8-10-16)13-21(3)4/h7-10,12H,5-6,11,13H2,1-4H3,(H,20,23). The zero-order valence-corrected chi connectivity index (χ0v) is 14.5. The van der Waals surface area contributed by atoms with Gasteiger partial charge in [-0.05, 0) is 45.1 Å². The van der Waals surface area contributed by atoms with Gasteiger partial charge in [-0.3, -0.25) is 4.79 Å². The van der Waals surface area contributed by atoms with Gasteiger partial charge in [0.1, 0.15) is 5.82 Å². The molecule has 0 saturated carbocycles. The zero-order chi connectivity index (χ0) is 16.8. The van der Waals surface area contributed by atoms with Gasteiger partial charge in [-0.2, -0.15) is 5.10 Å². The maximum atomic E-state index is 12.5. The third kappa shape index (κ3) is 4.66. The van der Waals surface area contributed by atoms with E-state index in [2.05, 4.69) is 22.2 Å². The monoisotopic (exact) mass is 314 g/mol. The molecular formula is C18H26N4O. The van der Waals surface area contributed by atoms with Crippen LogP contribution in [-0.2, 0) is 13.1 Å². The molecule has 1 aromatic carbocycles. The number of carbonyl (C=O) groups excluding carboxylic acids is 1. The number of amides is 1. The number of hydrogen-bond acceptors (Lipinski definition) is 3. The Morgan fingerprint density at radius 3 is 2.57 bits per heavy atom. The van der Waals surface area contributed by atoms with E-state index in [4.69, 9.17) is 0 Å². The van der Waals surface area contributed by atoms with E-state index >= 15 is 0 Å². The molecule has 0 atom stereocenters. The van der Waals surface area contributed by atoms with E-state index in [0.29, 0.717) is 5.56 Å². The summed E-state index contributed by atoms with van der Waals surface area (Å²) in [5, 5.41) is 7.34. The Labute approximate surface area is 138 Å². The van der Waals surface area contributed by atoms with Gasteiger partial charge in [0, 0.05) is 24.2 Å². The fourth-order valence-corrected chi connectivity index (χ4v) is 2.43. The molecule has 1 aromatic heterocycles. The van der Waals surface area contributed by atoms with Crippen LogP contribution in [0.4, 0.5) is 5.82 Å². The number of unbranched alkanes of at least 4 members (excludes halogenated alkanes) is 1. The molecule has 124 valence electrons. The van der Waals surface area contributed by atoms with Crippen molar-refractivity contribution in [1.82, 2.24) is 14.7 Å². The van der Waals surface area contributed by atoms with Crippen molar-refractivity contribution in [2.75, 3.05) is 19.4 Å². The second kappa shape index (κ2) is 7.92. The third-order valence-corrected chi connectivity index (χ3v) is 3.69. The molecule has 5 nitrogen and oxygen atoms in total. The summed E-state index contributed by atoms with van der Waals surface area (Å²) in [6.45, 7) is 5.79. The fraction of sp³-hybridized carbons (Fsp3) is 0.444. The highest BCUT2D eigenvalue weighted by Gasteiger charge is 2.12. The zero-order valence-electron chi connectivity index (χ0n) is 14.5. The summed E-state index contributed by atoms with van der Waals surface area (Å²) in [5.41, 5.74) is 2.84. The summed E-state index contributed by atoms with van der Waals surface area (Å²) >= 11 is 0. The van der Waals surface area contributed by atoms with Gasteiger partial charge >= 0.3 is 0 Å². The maximum Gasteiger partial charge on any atom is 0.256 e. The van der Waals surface area contributed by atoms with Crippen LogP contribution < -0.4 is 5.32 Å².